The van der Waals surface area contributed by atoms with Gasteiger partial charge in [0.25, 0.3) is 5.91 Å². The SMILES string of the molecule is CC(C)(C)OC(=O)N1CCN(CCNC(=O)c2ccc(C(=O)O)c3ccccc23)CC1. The second kappa shape index (κ2) is 9.34. The van der Waals surface area contributed by atoms with Crippen molar-refractivity contribution in [2.24, 2.45) is 0 Å². The van der Waals surface area contributed by atoms with Crippen molar-refractivity contribution in [1.82, 2.24) is 15.1 Å². The molecule has 0 saturated carbocycles. The van der Waals surface area contributed by atoms with E-state index in [1.807, 2.05) is 20.8 Å². The number of nitrogens with zero attached hydrogens (tertiary/aromatic N) is 2. The maximum Gasteiger partial charge on any atom is 0.410 e. The van der Waals surface area contributed by atoms with Crippen LogP contribution in [0.1, 0.15) is 41.5 Å². The lowest BCUT2D eigenvalue weighted by molar-refractivity contribution is 0.0146. The van der Waals surface area contributed by atoms with Crippen molar-refractivity contribution in [3.63, 3.8) is 0 Å². The summed E-state index contributed by atoms with van der Waals surface area (Å²) >= 11 is 0. The van der Waals surface area contributed by atoms with E-state index in [1.54, 1.807) is 35.2 Å². The molecule has 1 saturated heterocycles. The summed E-state index contributed by atoms with van der Waals surface area (Å²) in [6.45, 7) is 9.27. The first kappa shape index (κ1) is 22.6. The van der Waals surface area contributed by atoms with Gasteiger partial charge in [-0.1, -0.05) is 24.3 Å². The van der Waals surface area contributed by atoms with Crippen LogP contribution in [0.25, 0.3) is 10.8 Å². The Labute approximate surface area is 181 Å². The number of fused-ring (bicyclic) bond motifs is 1. The number of ether oxygens (including phenoxy) is 1. The number of hydrogen-bond donors (Lipinski definition) is 2. The summed E-state index contributed by atoms with van der Waals surface area (Å²) in [5.74, 6) is -1.26. The Morgan fingerprint density at radius 1 is 0.968 bits per heavy atom. The largest absolute Gasteiger partial charge is 0.478 e. The van der Waals surface area contributed by atoms with Crippen LogP contribution in [-0.4, -0.2) is 77.7 Å². The van der Waals surface area contributed by atoms with Gasteiger partial charge in [0.2, 0.25) is 0 Å². The zero-order valence-corrected chi connectivity index (χ0v) is 18.2. The number of benzene rings is 2. The van der Waals surface area contributed by atoms with E-state index in [9.17, 15) is 19.5 Å². The molecule has 8 heteroatoms. The summed E-state index contributed by atoms with van der Waals surface area (Å²) in [5.41, 5.74) is 0.121. The van der Waals surface area contributed by atoms with Crippen LogP contribution in [0.4, 0.5) is 4.79 Å². The van der Waals surface area contributed by atoms with E-state index in [2.05, 4.69) is 10.2 Å². The minimum Gasteiger partial charge on any atom is -0.478 e. The van der Waals surface area contributed by atoms with Gasteiger partial charge in [-0.25, -0.2) is 9.59 Å². The van der Waals surface area contributed by atoms with Crippen LogP contribution in [0.5, 0.6) is 0 Å². The van der Waals surface area contributed by atoms with Gasteiger partial charge >= 0.3 is 12.1 Å². The van der Waals surface area contributed by atoms with Crippen molar-refractivity contribution in [3.8, 4) is 0 Å². The highest BCUT2D eigenvalue weighted by Crippen LogP contribution is 2.23. The Balaban J connectivity index is 1.52. The van der Waals surface area contributed by atoms with Crippen molar-refractivity contribution < 1.29 is 24.2 Å². The Morgan fingerprint density at radius 2 is 1.55 bits per heavy atom. The normalized spacial score (nSPS) is 15.0. The Bertz CT molecular complexity index is 975. The Morgan fingerprint density at radius 3 is 2.13 bits per heavy atom. The monoisotopic (exact) mass is 427 g/mol. The van der Waals surface area contributed by atoms with E-state index in [-0.39, 0.29) is 17.6 Å². The molecule has 0 aliphatic carbocycles. The molecule has 1 fully saturated rings. The van der Waals surface area contributed by atoms with Crippen molar-refractivity contribution >= 4 is 28.7 Å². The van der Waals surface area contributed by atoms with Gasteiger partial charge in [0.15, 0.2) is 0 Å². The molecule has 1 aliphatic rings. The number of rotatable bonds is 5. The fraction of sp³-hybridized carbons (Fsp3) is 0.435. The van der Waals surface area contributed by atoms with E-state index in [0.29, 0.717) is 55.6 Å². The lowest BCUT2D eigenvalue weighted by atomic mass is 9.99. The number of hydrogen-bond acceptors (Lipinski definition) is 5. The molecule has 0 atom stereocenters. The van der Waals surface area contributed by atoms with Crippen molar-refractivity contribution in [1.29, 1.82) is 0 Å². The van der Waals surface area contributed by atoms with Gasteiger partial charge in [-0.2, -0.15) is 0 Å². The Kier molecular flexibility index (Phi) is 6.80. The Hall–Kier alpha value is -3.13. The molecule has 0 unspecified atom stereocenters. The fourth-order valence-corrected chi connectivity index (χ4v) is 3.59. The van der Waals surface area contributed by atoms with Crippen LogP contribution in [0.3, 0.4) is 0 Å². The standard InChI is InChI=1S/C23H29N3O5/c1-23(2,3)31-22(30)26-14-12-25(13-15-26)11-10-24-20(27)18-8-9-19(21(28)29)17-7-5-4-6-16(17)18/h4-9H,10-15H2,1-3H3,(H,24,27)(H,28,29). The van der Waals surface area contributed by atoms with Gasteiger partial charge in [0, 0.05) is 44.8 Å². The second-order valence-electron chi connectivity index (χ2n) is 8.58. The molecule has 0 spiro atoms. The van der Waals surface area contributed by atoms with Crippen molar-refractivity contribution in [3.05, 3.63) is 47.5 Å². The van der Waals surface area contributed by atoms with Gasteiger partial charge in [0.05, 0.1) is 5.56 Å². The van der Waals surface area contributed by atoms with Crippen LogP contribution in [0.15, 0.2) is 36.4 Å². The molecular weight excluding hydrogens is 398 g/mol. The first-order valence-corrected chi connectivity index (χ1v) is 10.4. The molecule has 1 heterocycles. The van der Waals surface area contributed by atoms with Gasteiger partial charge in [0.1, 0.15) is 5.60 Å². The number of piperazine rings is 1. The number of carboxylic acids is 1. The van der Waals surface area contributed by atoms with Crippen molar-refractivity contribution in [2.45, 2.75) is 26.4 Å². The first-order chi connectivity index (χ1) is 14.7. The van der Waals surface area contributed by atoms with E-state index in [4.69, 9.17) is 4.74 Å². The van der Waals surface area contributed by atoms with Crippen LogP contribution >= 0.6 is 0 Å². The summed E-state index contributed by atoms with van der Waals surface area (Å²) in [4.78, 5) is 40.2. The quantitative estimate of drug-likeness (QED) is 0.761. The third-order valence-corrected chi connectivity index (χ3v) is 5.14. The highest BCUT2D eigenvalue weighted by molar-refractivity contribution is 6.12. The van der Waals surface area contributed by atoms with Crippen LogP contribution in [0, 0.1) is 0 Å². The highest BCUT2D eigenvalue weighted by Gasteiger charge is 2.25. The molecule has 0 bridgehead atoms. The lowest BCUT2D eigenvalue weighted by Crippen LogP contribution is -2.51. The number of nitrogens with one attached hydrogen (secondary N) is 1. The minimum atomic E-state index is -1.02. The average molecular weight is 428 g/mol. The predicted octanol–water partition coefficient (Wildman–Crippen LogP) is 2.82. The highest BCUT2D eigenvalue weighted by atomic mass is 16.6. The van der Waals surface area contributed by atoms with Crippen LogP contribution in [-0.2, 0) is 4.74 Å². The summed E-state index contributed by atoms with van der Waals surface area (Å²) < 4.78 is 5.41. The second-order valence-corrected chi connectivity index (χ2v) is 8.58. The topological polar surface area (TPSA) is 99.2 Å². The third-order valence-electron chi connectivity index (χ3n) is 5.14. The summed E-state index contributed by atoms with van der Waals surface area (Å²) in [6.07, 6.45) is -0.294. The molecule has 2 aromatic carbocycles. The molecule has 31 heavy (non-hydrogen) atoms. The third kappa shape index (κ3) is 5.73. The lowest BCUT2D eigenvalue weighted by Gasteiger charge is -2.35. The number of carbonyl (C=O) groups excluding carboxylic acids is 2. The summed E-state index contributed by atoms with van der Waals surface area (Å²) in [5, 5.41) is 13.4. The number of carbonyl (C=O) groups is 3. The smallest absolute Gasteiger partial charge is 0.410 e. The molecule has 1 aliphatic heterocycles. The summed E-state index contributed by atoms with van der Waals surface area (Å²) in [7, 11) is 0. The molecule has 0 aromatic heterocycles. The van der Waals surface area contributed by atoms with E-state index >= 15 is 0 Å². The maximum absolute atomic E-state index is 12.7. The molecule has 2 N–H and O–H groups in total. The predicted molar refractivity (Wildman–Crippen MR) is 117 cm³/mol. The zero-order chi connectivity index (χ0) is 22.6. The molecular formula is C23H29N3O5. The number of carboxylic acid groups (broad SMARTS) is 1. The molecule has 3 rings (SSSR count). The van der Waals surface area contributed by atoms with Crippen LogP contribution in [0.2, 0.25) is 0 Å². The fourth-order valence-electron chi connectivity index (χ4n) is 3.59. The molecule has 2 aromatic rings. The van der Waals surface area contributed by atoms with Gasteiger partial charge in [-0.05, 0) is 43.7 Å². The van der Waals surface area contributed by atoms with Crippen LogP contribution < -0.4 is 5.32 Å². The molecule has 166 valence electrons. The minimum absolute atomic E-state index is 0.176. The van der Waals surface area contributed by atoms with Gasteiger partial charge in [-0.15, -0.1) is 0 Å². The molecule has 8 nitrogen and oxygen atoms in total. The maximum atomic E-state index is 12.7. The number of amides is 2. The van der Waals surface area contributed by atoms with E-state index in [1.165, 1.54) is 6.07 Å². The first-order valence-electron chi connectivity index (χ1n) is 10.4. The molecule has 2 amide bonds. The zero-order valence-electron chi connectivity index (χ0n) is 18.2. The molecule has 0 radical (unpaired) electrons. The number of aromatic carboxylic acids is 1. The summed E-state index contributed by atoms with van der Waals surface area (Å²) in [6, 6.07) is 10.0. The van der Waals surface area contributed by atoms with Gasteiger partial charge < -0.3 is 20.1 Å². The average Bonchev–Trinajstić information content (AvgIpc) is 2.72. The van der Waals surface area contributed by atoms with E-state index in [0.717, 1.165) is 0 Å². The van der Waals surface area contributed by atoms with Crippen molar-refractivity contribution in [2.75, 3.05) is 39.3 Å². The van der Waals surface area contributed by atoms with E-state index < -0.39 is 11.6 Å². The van der Waals surface area contributed by atoms with Gasteiger partial charge in [-0.3, -0.25) is 9.69 Å².